The molecule has 1 heteroatoms. The van der Waals surface area contributed by atoms with Crippen LogP contribution in [0.3, 0.4) is 0 Å². The molecule has 46 heavy (non-hydrogen) atoms. The molecule has 1 atom stereocenters. The molecule has 1 fully saturated rings. The predicted molar refractivity (Wildman–Crippen MR) is 201 cm³/mol. The zero-order valence-corrected chi connectivity index (χ0v) is 33.2. The molecule has 1 saturated carbocycles. The fourth-order valence-corrected chi connectivity index (χ4v) is 7.79. The summed E-state index contributed by atoms with van der Waals surface area (Å²) in [5.74, 6) is 0.550. The summed E-state index contributed by atoms with van der Waals surface area (Å²) in [6.07, 6.45) is 16.2. The summed E-state index contributed by atoms with van der Waals surface area (Å²) in [6, 6.07) is 22.5. The van der Waals surface area contributed by atoms with E-state index in [1.807, 2.05) is 0 Å². The molecule has 0 aliphatic heterocycles. The third-order valence-corrected chi connectivity index (χ3v) is 11.6. The molecule has 4 aromatic rings. The minimum absolute atomic E-state index is 0.180. The fourth-order valence-electron chi connectivity index (χ4n) is 7.38. The second kappa shape index (κ2) is 14.9. The average molecular weight is 690 g/mol. The summed E-state index contributed by atoms with van der Waals surface area (Å²) >= 11 is 1.54. The molecule has 0 saturated heterocycles. The predicted octanol–water partition coefficient (Wildman–Crippen LogP) is 13.0. The molecule has 0 spiro atoms. The monoisotopic (exact) mass is 688 g/mol. The van der Waals surface area contributed by atoms with Crippen LogP contribution in [0.4, 0.5) is 0 Å². The van der Waals surface area contributed by atoms with Crippen molar-refractivity contribution in [1.29, 1.82) is 0 Å². The molecular formula is C45H58Zr. The Morgan fingerprint density at radius 1 is 0.826 bits per heavy atom. The van der Waals surface area contributed by atoms with Gasteiger partial charge < -0.3 is 0 Å². The van der Waals surface area contributed by atoms with Gasteiger partial charge in [-0.25, -0.2) is 6.08 Å². The van der Waals surface area contributed by atoms with Crippen LogP contribution in [0.2, 0.25) is 0 Å². The van der Waals surface area contributed by atoms with Crippen molar-refractivity contribution in [3.8, 4) is 0 Å². The molecular weight excluding hydrogens is 632 g/mol. The van der Waals surface area contributed by atoms with Crippen LogP contribution >= 0.6 is 0 Å². The zero-order chi connectivity index (χ0) is 33.9. The van der Waals surface area contributed by atoms with Crippen molar-refractivity contribution in [2.45, 2.75) is 126 Å². The van der Waals surface area contributed by atoms with Crippen molar-refractivity contribution in [3.63, 3.8) is 0 Å². The van der Waals surface area contributed by atoms with Crippen molar-refractivity contribution in [2.75, 3.05) is 0 Å². The molecule has 0 N–H and O–H groups in total. The minimum Gasteiger partial charge on any atom is -0.126 e. The molecule has 2 aliphatic carbocycles. The Morgan fingerprint density at radius 3 is 1.74 bits per heavy atom. The van der Waals surface area contributed by atoms with Crippen LogP contribution in [0, 0.1) is 31.3 Å². The van der Waals surface area contributed by atoms with Crippen LogP contribution in [-0.4, -0.2) is 3.21 Å². The quantitative estimate of drug-likeness (QED) is 0.188. The molecule has 0 heterocycles. The van der Waals surface area contributed by atoms with E-state index in [9.17, 15) is 0 Å². The topological polar surface area (TPSA) is 0 Å². The van der Waals surface area contributed by atoms with Gasteiger partial charge in [-0.05, 0) is 24.7 Å². The number of fused-ring (bicyclic) bond motifs is 3. The number of aryl methyl sites for hydroxylation is 2. The van der Waals surface area contributed by atoms with Gasteiger partial charge >= 0.3 is 76.7 Å². The van der Waals surface area contributed by atoms with E-state index in [2.05, 4.69) is 155 Å². The standard InChI is InChI=1S/C23H29.C13H19.C9H10.Zr/c1-14-9-16-11-17-10-15(2)21(23(6,7)8)13-19(17)18(16)12-20(14)22(3,4)5;1-11-6-7-12(10-11)13(2)8-4-3-5-9-13;1-2-6-9-7-4-3-5-8-9;/h9-13H,1-8H3;7,10-11H,3-5,8-9H2,1-2H3;3-5,7-8H,2H2,1H3;/q2*-1;;+2. The third-order valence-electron chi connectivity index (χ3n) is 10.1. The van der Waals surface area contributed by atoms with Crippen molar-refractivity contribution < 1.29 is 24.2 Å². The maximum absolute atomic E-state index is 3.37. The van der Waals surface area contributed by atoms with Gasteiger partial charge in [0.05, 0.1) is 0 Å². The van der Waals surface area contributed by atoms with Gasteiger partial charge in [0.2, 0.25) is 0 Å². The summed E-state index contributed by atoms with van der Waals surface area (Å²) < 4.78 is 1.55. The summed E-state index contributed by atoms with van der Waals surface area (Å²) in [5, 5.41) is 5.55. The van der Waals surface area contributed by atoms with Gasteiger partial charge in [0, 0.05) is 0 Å². The maximum atomic E-state index is 3.37. The molecule has 6 rings (SSSR count). The molecule has 242 valence electrons. The van der Waals surface area contributed by atoms with Gasteiger partial charge in [0.25, 0.3) is 0 Å². The van der Waals surface area contributed by atoms with E-state index < -0.39 is 0 Å². The average Bonchev–Trinajstić information content (AvgIpc) is 3.59. The first-order valence-corrected chi connectivity index (χ1v) is 18.9. The normalized spacial score (nSPS) is 17.7. The summed E-state index contributed by atoms with van der Waals surface area (Å²) in [4.78, 5) is 0. The maximum Gasteiger partial charge on any atom is -0.0142 e. The number of hydrogen-bond donors (Lipinski definition) is 0. The number of allylic oxidation sites excluding steroid dienone is 4. The second-order valence-corrected chi connectivity index (χ2v) is 17.7. The molecule has 0 aromatic heterocycles. The number of rotatable bonds is 3. The van der Waals surface area contributed by atoms with Gasteiger partial charge in [-0.2, -0.15) is 11.6 Å². The molecule has 0 amide bonds. The third kappa shape index (κ3) is 8.81. The fraction of sp³-hybridized carbons (Fsp3) is 0.467. The Morgan fingerprint density at radius 2 is 1.33 bits per heavy atom. The van der Waals surface area contributed by atoms with Gasteiger partial charge in [0.15, 0.2) is 0 Å². The van der Waals surface area contributed by atoms with E-state index in [-0.39, 0.29) is 10.8 Å². The molecule has 0 bridgehead atoms. The Hall–Kier alpha value is -2.24. The van der Waals surface area contributed by atoms with Crippen molar-refractivity contribution in [2.24, 2.45) is 11.3 Å². The van der Waals surface area contributed by atoms with E-state index in [0.717, 1.165) is 0 Å². The van der Waals surface area contributed by atoms with Crippen LogP contribution in [0.25, 0.3) is 21.5 Å². The molecule has 0 nitrogen and oxygen atoms in total. The van der Waals surface area contributed by atoms with Gasteiger partial charge in [-0.3, -0.25) is 6.08 Å². The van der Waals surface area contributed by atoms with Gasteiger partial charge in [-0.1, -0.05) is 133 Å². The van der Waals surface area contributed by atoms with Gasteiger partial charge in [-0.15, -0.1) is 39.7 Å². The van der Waals surface area contributed by atoms with Crippen LogP contribution in [0.5, 0.6) is 0 Å². The largest absolute Gasteiger partial charge is 0.126 e. The Balaban J connectivity index is 0.000000175. The first-order chi connectivity index (χ1) is 21.5. The summed E-state index contributed by atoms with van der Waals surface area (Å²) in [5.41, 5.74) is 9.50. The van der Waals surface area contributed by atoms with E-state index in [4.69, 9.17) is 0 Å². The van der Waals surface area contributed by atoms with E-state index in [0.29, 0.717) is 11.3 Å². The Labute approximate surface area is 296 Å². The van der Waals surface area contributed by atoms with Crippen LogP contribution < -0.4 is 0 Å². The second-order valence-electron chi connectivity index (χ2n) is 16.2. The molecule has 1 unspecified atom stereocenters. The van der Waals surface area contributed by atoms with Crippen LogP contribution in [0.1, 0.15) is 129 Å². The summed E-state index contributed by atoms with van der Waals surface area (Å²) in [6.45, 7) is 25.1. The number of hydrogen-bond acceptors (Lipinski definition) is 0. The van der Waals surface area contributed by atoms with Crippen LogP contribution in [0.15, 0.2) is 78.4 Å². The SMILES string of the molecule is CC1[C-]=CC(C2(C)CCCCC2)=C1.CC[C](=[Zr+2])c1ccccc1.Cc1cc2[cH-]c3cc(C)c(C(C)(C)C)cc3c2cc1C(C)(C)C. The van der Waals surface area contributed by atoms with Crippen molar-refractivity contribution in [1.82, 2.24) is 0 Å². The summed E-state index contributed by atoms with van der Waals surface area (Å²) in [7, 11) is 0. The van der Waals surface area contributed by atoms with Crippen molar-refractivity contribution in [3.05, 3.63) is 112 Å². The molecule has 0 radical (unpaired) electrons. The Bertz CT molecular complexity index is 1630. The first kappa shape index (κ1) is 36.6. The van der Waals surface area contributed by atoms with Gasteiger partial charge in [0.1, 0.15) is 0 Å². The van der Waals surface area contributed by atoms with E-state index in [1.54, 1.807) is 8.78 Å². The Kier molecular flexibility index (Phi) is 11.9. The number of benzene rings is 3. The molecule has 2 aliphatic rings. The van der Waals surface area contributed by atoms with Crippen molar-refractivity contribution >= 4 is 24.8 Å². The first-order valence-electron chi connectivity index (χ1n) is 17.6. The van der Waals surface area contributed by atoms with E-state index >= 15 is 0 Å². The smallest absolute Gasteiger partial charge is 0.0142 e. The minimum atomic E-state index is 0.180. The zero-order valence-electron chi connectivity index (χ0n) is 30.7. The van der Waals surface area contributed by atoms with E-state index in [1.165, 1.54) is 112 Å². The van der Waals surface area contributed by atoms with Crippen LogP contribution in [-0.2, 0) is 35.1 Å². The molecule has 4 aromatic carbocycles.